The Hall–Kier alpha value is -1.36. The Morgan fingerprint density at radius 2 is 2.58 bits per heavy atom. The van der Waals surface area contributed by atoms with E-state index in [0.717, 1.165) is 0 Å². The van der Waals surface area contributed by atoms with Gasteiger partial charge in [-0.05, 0) is 0 Å². The number of hydrogen-bond donors (Lipinski definition) is 1. The van der Waals surface area contributed by atoms with Crippen LogP contribution in [0.15, 0.2) is 12.4 Å². The minimum absolute atomic E-state index is 0.0948. The molecule has 0 amide bonds. The zero-order valence-electron chi connectivity index (χ0n) is 6.32. The van der Waals surface area contributed by atoms with E-state index in [-0.39, 0.29) is 11.9 Å². The number of esters is 1. The van der Waals surface area contributed by atoms with Crippen LogP contribution in [0.5, 0.6) is 0 Å². The highest BCUT2D eigenvalue weighted by molar-refractivity contribution is 5.85. The topological polar surface area (TPSA) is 64.2 Å². The van der Waals surface area contributed by atoms with Gasteiger partial charge in [0.25, 0.3) is 0 Å². The first kappa shape index (κ1) is 7.30. The van der Waals surface area contributed by atoms with Crippen LogP contribution in [-0.2, 0) is 9.47 Å². The standard InChI is InChI=1S/C7H8N2O3/c10-7(6-8-1-2-9-6)12-5-3-11-4-5/h1-2,5H,3-4H2,(H,8,9). The minimum atomic E-state index is -0.423. The number of aromatic nitrogens is 2. The molecule has 0 radical (unpaired) electrons. The van der Waals surface area contributed by atoms with Crippen molar-refractivity contribution in [2.75, 3.05) is 13.2 Å². The molecule has 1 aromatic heterocycles. The molecule has 1 fully saturated rings. The van der Waals surface area contributed by atoms with Crippen LogP contribution >= 0.6 is 0 Å². The molecule has 12 heavy (non-hydrogen) atoms. The first-order valence-corrected chi connectivity index (χ1v) is 3.64. The maximum atomic E-state index is 11.1. The van der Waals surface area contributed by atoms with Crippen molar-refractivity contribution in [2.24, 2.45) is 0 Å². The molecule has 5 nitrogen and oxygen atoms in total. The molecule has 2 rings (SSSR count). The van der Waals surface area contributed by atoms with Crippen molar-refractivity contribution >= 4 is 5.97 Å². The molecule has 0 spiro atoms. The van der Waals surface area contributed by atoms with Gasteiger partial charge >= 0.3 is 5.97 Å². The van der Waals surface area contributed by atoms with Crippen molar-refractivity contribution in [1.29, 1.82) is 0 Å². The second-order valence-electron chi connectivity index (χ2n) is 2.50. The Morgan fingerprint density at radius 3 is 3.08 bits per heavy atom. The summed E-state index contributed by atoms with van der Waals surface area (Å²) in [6.45, 7) is 0.985. The molecule has 0 bridgehead atoms. The predicted molar refractivity (Wildman–Crippen MR) is 38.6 cm³/mol. The lowest BCUT2D eigenvalue weighted by Crippen LogP contribution is -2.38. The van der Waals surface area contributed by atoms with Gasteiger partial charge in [-0.1, -0.05) is 0 Å². The summed E-state index contributed by atoms with van der Waals surface area (Å²) in [7, 11) is 0. The second-order valence-corrected chi connectivity index (χ2v) is 2.50. The quantitative estimate of drug-likeness (QED) is 0.629. The average molecular weight is 168 g/mol. The summed E-state index contributed by atoms with van der Waals surface area (Å²) in [6.07, 6.45) is 2.99. The molecule has 1 N–H and O–H groups in total. The van der Waals surface area contributed by atoms with Gasteiger partial charge in [-0.3, -0.25) is 0 Å². The third kappa shape index (κ3) is 1.31. The van der Waals surface area contributed by atoms with Gasteiger partial charge in [0.2, 0.25) is 5.82 Å². The summed E-state index contributed by atoms with van der Waals surface area (Å²) in [5.41, 5.74) is 0. The maximum absolute atomic E-state index is 11.1. The largest absolute Gasteiger partial charge is 0.452 e. The fourth-order valence-electron chi connectivity index (χ4n) is 0.866. The molecular weight excluding hydrogens is 160 g/mol. The van der Waals surface area contributed by atoms with Gasteiger partial charge in [0.1, 0.15) is 6.10 Å². The van der Waals surface area contributed by atoms with Crippen molar-refractivity contribution in [3.63, 3.8) is 0 Å². The van der Waals surface area contributed by atoms with E-state index < -0.39 is 5.97 Å². The van der Waals surface area contributed by atoms with E-state index in [2.05, 4.69) is 9.97 Å². The monoisotopic (exact) mass is 168 g/mol. The number of ether oxygens (including phenoxy) is 2. The normalized spacial score (nSPS) is 17.0. The fraction of sp³-hybridized carbons (Fsp3) is 0.429. The zero-order chi connectivity index (χ0) is 8.39. The van der Waals surface area contributed by atoms with Crippen LogP contribution < -0.4 is 0 Å². The van der Waals surface area contributed by atoms with Crippen LogP contribution in [-0.4, -0.2) is 35.3 Å². The van der Waals surface area contributed by atoms with Gasteiger partial charge in [-0.2, -0.15) is 0 Å². The Morgan fingerprint density at radius 1 is 1.75 bits per heavy atom. The molecule has 0 atom stereocenters. The van der Waals surface area contributed by atoms with E-state index in [1.807, 2.05) is 0 Å². The molecule has 1 aliphatic rings. The lowest BCUT2D eigenvalue weighted by molar-refractivity contribution is -0.104. The summed E-state index contributed by atoms with van der Waals surface area (Å²) >= 11 is 0. The number of carbonyl (C=O) groups is 1. The van der Waals surface area contributed by atoms with Gasteiger partial charge in [0, 0.05) is 12.4 Å². The maximum Gasteiger partial charge on any atom is 0.374 e. The first-order valence-electron chi connectivity index (χ1n) is 3.64. The average Bonchev–Trinajstić information content (AvgIpc) is 2.47. The zero-order valence-corrected chi connectivity index (χ0v) is 6.32. The van der Waals surface area contributed by atoms with Gasteiger partial charge < -0.3 is 14.5 Å². The summed E-state index contributed by atoms with van der Waals surface area (Å²) in [6, 6.07) is 0. The number of rotatable bonds is 2. The molecule has 1 aliphatic heterocycles. The van der Waals surface area contributed by atoms with E-state index >= 15 is 0 Å². The summed E-state index contributed by atoms with van der Waals surface area (Å²) < 4.78 is 9.82. The number of nitrogens with one attached hydrogen (secondary N) is 1. The third-order valence-corrected chi connectivity index (χ3v) is 1.57. The van der Waals surface area contributed by atoms with Crippen molar-refractivity contribution in [3.8, 4) is 0 Å². The molecule has 1 saturated heterocycles. The molecular formula is C7H8N2O3. The minimum Gasteiger partial charge on any atom is -0.452 e. The van der Waals surface area contributed by atoms with Gasteiger partial charge in [-0.15, -0.1) is 0 Å². The van der Waals surface area contributed by atoms with Gasteiger partial charge in [0.05, 0.1) is 13.2 Å². The SMILES string of the molecule is O=C(OC1COC1)c1ncc[nH]1. The molecule has 5 heteroatoms. The van der Waals surface area contributed by atoms with Crippen molar-refractivity contribution in [3.05, 3.63) is 18.2 Å². The number of imidazole rings is 1. The highest BCUT2D eigenvalue weighted by Gasteiger charge is 2.24. The summed E-state index contributed by atoms with van der Waals surface area (Å²) in [5.74, 6) is -0.185. The number of hydrogen-bond acceptors (Lipinski definition) is 4. The lowest BCUT2D eigenvalue weighted by atomic mass is 10.3. The predicted octanol–water partition coefficient (Wildman–Crippen LogP) is -0.0347. The van der Waals surface area contributed by atoms with Crippen molar-refractivity contribution in [2.45, 2.75) is 6.10 Å². The molecule has 1 aromatic rings. The highest BCUT2D eigenvalue weighted by atomic mass is 16.6. The Kier molecular flexibility index (Phi) is 1.79. The Balaban J connectivity index is 1.92. The van der Waals surface area contributed by atoms with E-state index in [4.69, 9.17) is 9.47 Å². The first-order chi connectivity index (χ1) is 5.86. The fourth-order valence-corrected chi connectivity index (χ4v) is 0.866. The van der Waals surface area contributed by atoms with Crippen LogP contribution in [0.4, 0.5) is 0 Å². The number of H-pyrrole nitrogens is 1. The number of aromatic amines is 1. The van der Waals surface area contributed by atoms with Crippen LogP contribution in [0.1, 0.15) is 10.6 Å². The molecule has 64 valence electrons. The summed E-state index contributed by atoms with van der Waals surface area (Å²) in [5, 5.41) is 0. The molecule has 2 heterocycles. The Bertz CT molecular complexity index is 266. The highest BCUT2D eigenvalue weighted by Crippen LogP contribution is 2.07. The molecule has 0 saturated carbocycles. The number of nitrogens with zero attached hydrogens (tertiary/aromatic N) is 1. The molecule has 0 unspecified atom stereocenters. The van der Waals surface area contributed by atoms with Crippen molar-refractivity contribution in [1.82, 2.24) is 9.97 Å². The Labute approximate surface area is 68.7 Å². The van der Waals surface area contributed by atoms with Crippen LogP contribution in [0.25, 0.3) is 0 Å². The summed E-state index contributed by atoms with van der Waals surface area (Å²) in [4.78, 5) is 17.6. The van der Waals surface area contributed by atoms with Gasteiger partial charge in [0.15, 0.2) is 0 Å². The smallest absolute Gasteiger partial charge is 0.374 e. The van der Waals surface area contributed by atoms with E-state index in [1.54, 1.807) is 6.20 Å². The van der Waals surface area contributed by atoms with E-state index in [9.17, 15) is 4.79 Å². The third-order valence-electron chi connectivity index (χ3n) is 1.57. The molecule has 0 aliphatic carbocycles. The second kappa shape index (κ2) is 2.94. The van der Waals surface area contributed by atoms with E-state index in [1.165, 1.54) is 6.20 Å². The van der Waals surface area contributed by atoms with E-state index in [0.29, 0.717) is 13.2 Å². The van der Waals surface area contributed by atoms with Crippen LogP contribution in [0.2, 0.25) is 0 Å². The van der Waals surface area contributed by atoms with Crippen LogP contribution in [0.3, 0.4) is 0 Å². The lowest BCUT2D eigenvalue weighted by Gasteiger charge is -2.24. The van der Waals surface area contributed by atoms with Crippen molar-refractivity contribution < 1.29 is 14.3 Å². The van der Waals surface area contributed by atoms with Crippen LogP contribution in [0, 0.1) is 0 Å². The molecule has 0 aromatic carbocycles. The number of carbonyl (C=O) groups excluding carboxylic acids is 1. The van der Waals surface area contributed by atoms with Gasteiger partial charge in [-0.25, -0.2) is 9.78 Å².